The molecule has 3 fully saturated rings. The minimum atomic E-state index is -0.669. The minimum Gasteiger partial charge on any atom is -0.388 e. The van der Waals surface area contributed by atoms with Crippen LogP contribution in [-0.4, -0.2) is 57.2 Å². The Labute approximate surface area is 159 Å². The Balaban J connectivity index is 1.39. The minimum absolute atomic E-state index is 0.109. The van der Waals surface area contributed by atoms with Crippen LogP contribution in [0.15, 0.2) is 11.6 Å². The van der Waals surface area contributed by atoms with Crippen molar-refractivity contribution >= 4 is 17.4 Å². The van der Waals surface area contributed by atoms with Gasteiger partial charge in [0.25, 0.3) is 0 Å². The number of aliphatic hydroxyl groups is 1. The molecular formula is C19H29N3O3S. The number of piperidine rings is 1. The van der Waals surface area contributed by atoms with Gasteiger partial charge in [-0.15, -0.1) is 0 Å². The number of nitrogens with zero attached hydrogens (tertiary/aromatic N) is 2. The molecule has 3 aliphatic rings. The number of amides is 1. The first kappa shape index (κ1) is 18.3. The molecule has 2 saturated heterocycles. The number of ether oxygens (including phenoxy) is 1. The molecule has 2 atom stereocenters. The SMILES string of the molecule is C[C@]1(NC(=O)C2CCC2)CCOC2(CCN(Cc3cnsc3)CC2)[C@@H]1O. The highest BCUT2D eigenvalue weighted by Gasteiger charge is 2.54. The number of likely N-dealkylation sites (tertiary alicyclic amines) is 1. The normalized spacial score (nSPS) is 32.3. The van der Waals surface area contributed by atoms with Crippen molar-refractivity contribution in [1.29, 1.82) is 0 Å². The summed E-state index contributed by atoms with van der Waals surface area (Å²) in [6.45, 7) is 5.26. The number of aromatic nitrogens is 1. The second kappa shape index (κ2) is 7.19. The fourth-order valence-electron chi connectivity index (χ4n) is 4.52. The highest BCUT2D eigenvalue weighted by atomic mass is 32.1. The molecule has 1 saturated carbocycles. The molecular weight excluding hydrogens is 350 g/mol. The van der Waals surface area contributed by atoms with Crippen molar-refractivity contribution < 1.29 is 14.6 Å². The van der Waals surface area contributed by atoms with Crippen LogP contribution in [0.4, 0.5) is 0 Å². The van der Waals surface area contributed by atoms with E-state index >= 15 is 0 Å². The van der Waals surface area contributed by atoms with Crippen molar-refractivity contribution in [3.63, 3.8) is 0 Å². The average molecular weight is 380 g/mol. The van der Waals surface area contributed by atoms with Crippen LogP contribution >= 0.6 is 11.5 Å². The first-order valence-corrected chi connectivity index (χ1v) is 10.6. The fraction of sp³-hybridized carbons (Fsp3) is 0.789. The van der Waals surface area contributed by atoms with Gasteiger partial charge in [0, 0.05) is 43.7 Å². The number of carbonyl (C=O) groups is 1. The lowest BCUT2D eigenvalue weighted by Crippen LogP contribution is -2.69. The molecule has 0 unspecified atom stereocenters. The largest absolute Gasteiger partial charge is 0.388 e. The second-order valence-corrected chi connectivity index (χ2v) is 9.07. The summed E-state index contributed by atoms with van der Waals surface area (Å²) in [7, 11) is 0. The van der Waals surface area contributed by atoms with E-state index in [-0.39, 0.29) is 11.8 Å². The standard InChI is InChI=1S/C19H29N3O3S/c1-18(21-16(23)15-3-2-4-15)7-10-25-19(17(18)24)5-8-22(9-6-19)12-14-11-20-26-13-14/h11,13,15,17,24H,2-10,12H2,1H3,(H,21,23)/t17-,18+/m1/s1. The molecule has 7 heteroatoms. The molecule has 2 N–H and O–H groups in total. The maximum atomic E-state index is 12.5. The molecule has 0 bridgehead atoms. The maximum Gasteiger partial charge on any atom is 0.223 e. The summed E-state index contributed by atoms with van der Waals surface area (Å²) in [4.78, 5) is 14.9. The van der Waals surface area contributed by atoms with Crippen molar-refractivity contribution in [1.82, 2.24) is 14.6 Å². The van der Waals surface area contributed by atoms with Gasteiger partial charge in [0.05, 0.1) is 11.1 Å². The van der Waals surface area contributed by atoms with Gasteiger partial charge in [0.1, 0.15) is 6.10 Å². The number of nitrogens with one attached hydrogen (secondary N) is 1. The summed E-state index contributed by atoms with van der Waals surface area (Å²) >= 11 is 1.48. The second-order valence-electron chi connectivity index (χ2n) is 8.41. The number of aliphatic hydroxyl groups excluding tert-OH is 1. The van der Waals surface area contributed by atoms with Crippen LogP contribution in [0.2, 0.25) is 0 Å². The Hall–Kier alpha value is -1.02. The van der Waals surface area contributed by atoms with Crippen LogP contribution in [0.5, 0.6) is 0 Å². The van der Waals surface area contributed by atoms with E-state index in [0.29, 0.717) is 13.0 Å². The van der Waals surface area contributed by atoms with Gasteiger partial charge in [-0.25, -0.2) is 4.37 Å². The number of rotatable bonds is 4. The molecule has 6 nitrogen and oxygen atoms in total. The average Bonchev–Trinajstić information content (AvgIpc) is 3.06. The van der Waals surface area contributed by atoms with Gasteiger partial charge in [0.2, 0.25) is 5.91 Å². The number of carbonyl (C=O) groups excluding carboxylic acids is 1. The van der Waals surface area contributed by atoms with E-state index in [1.165, 1.54) is 17.1 Å². The molecule has 1 aromatic heterocycles. The summed E-state index contributed by atoms with van der Waals surface area (Å²) in [5.41, 5.74) is 0.113. The maximum absolute atomic E-state index is 12.5. The monoisotopic (exact) mass is 379 g/mol. The van der Waals surface area contributed by atoms with E-state index in [0.717, 1.165) is 51.7 Å². The first-order chi connectivity index (χ1) is 12.5. The van der Waals surface area contributed by atoms with Crippen LogP contribution in [0, 0.1) is 5.92 Å². The third-order valence-electron chi connectivity index (χ3n) is 6.59. The van der Waals surface area contributed by atoms with E-state index in [2.05, 4.69) is 20.0 Å². The zero-order valence-electron chi connectivity index (χ0n) is 15.4. The van der Waals surface area contributed by atoms with Crippen molar-refractivity contribution in [3.05, 3.63) is 17.1 Å². The van der Waals surface area contributed by atoms with Crippen LogP contribution in [0.1, 0.15) is 51.0 Å². The molecule has 1 amide bonds. The fourth-order valence-corrected chi connectivity index (χ4v) is 5.05. The molecule has 1 aromatic rings. The molecule has 3 heterocycles. The van der Waals surface area contributed by atoms with E-state index in [4.69, 9.17) is 4.74 Å². The first-order valence-electron chi connectivity index (χ1n) is 9.75. The quantitative estimate of drug-likeness (QED) is 0.836. The van der Waals surface area contributed by atoms with Gasteiger partial charge in [-0.3, -0.25) is 9.69 Å². The van der Waals surface area contributed by atoms with Gasteiger partial charge in [-0.2, -0.15) is 0 Å². The number of hydrogen-bond donors (Lipinski definition) is 2. The van der Waals surface area contributed by atoms with Crippen molar-refractivity contribution in [3.8, 4) is 0 Å². The van der Waals surface area contributed by atoms with Gasteiger partial charge < -0.3 is 15.2 Å². The third-order valence-corrected chi connectivity index (χ3v) is 7.22. The highest BCUT2D eigenvalue weighted by Crippen LogP contribution is 2.40. The Morgan fingerprint density at radius 3 is 2.81 bits per heavy atom. The Bertz CT molecular complexity index is 626. The Morgan fingerprint density at radius 2 is 2.19 bits per heavy atom. The van der Waals surface area contributed by atoms with Gasteiger partial charge >= 0.3 is 0 Å². The Kier molecular flexibility index (Phi) is 5.07. The van der Waals surface area contributed by atoms with Crippen molar-refractivity contribution in [2.24, 2.45) is 5.92 Å². The van der Waals surface area contributed by atoms with Crippen LogP contribution < -0.4 is 5.32 Å². The summed E-state index contributed by atoms with van der Waals surface area (Å²) in [6, 6.07) is 0. The summed E-state index contributed by atoms with van der Waals surface area (Å²) in [6.07, 6.45) is 6.60. The lowest BCUT2D eigenvalue weighted by molar-refractivity contribution is -0.208. The Morgan fingerprint density at radius 1 is 1.42 bits per heavy atom. The zero-order chi connectivity index (χ0) is 18.2. The van der Waals surface area contributed by atoms with Crippen molar-refractivity contribution in [2.45, 2.75) is 69.2 Å². The van der Waals surface area contributed by atoms with Crippen molar-refractivity contribution in [2.75, 3.05) is 19.7 Å². The summed E-state index contributed by atoms with van der Waals surface area (Å²) in [5.74, 6) is 0.246. The molecule has 2 aliphatic heterocycles. The molecule has 1 spiro atoms. The van der Waals surface area contributed by atoms with E-state index < -0.39 is 17.2 Å². The summed E-state index contributed by atoms with van der Waals surface area (Å²) in [5, 5.41) is 16.5. The third kappa shape index (κ3) is 3.42. The molecule has 0 radical (unpaired) electrons. The van der Waals surface area contributed by atoms with E-state index in [1.807, 2.05) is 13.1 Å². The van der Waals surface area contributed by atoms with Gasteiger partial charge in [-0.1, -0.05) is 6.42 Å². The summed E-state index contributed by atoms with van der Waals surface area (Å²) < 4.78 is 10.3. The van der Waals surface area contributed by atoms with Crippen LogP contribution in [0.25, 0.3) is 0 Å². The number of hydrogen-bond acceptors (Lipinski definition) is 6. The topological polar surface area (TPSA) is 74.7 Å². The van der Waals surface area contributed by atoms with Gasteiger partial charge in [-0.05, 0) is 56.1 Å². The highest BCUT2D eigenvalue weighted by molar-refractivity contribution is 7.03. The molecule has 26 heavy (non-hydrogen) atoms. The predicted molar refractivity (Wildman–Crippen MR) is 99.8 cm³/mol. The molecule has 1 aliphatic carbocycles. The zero-order valence-corrected chi connectivity index (χ0v) is 16.3. The van der Waals surface area contributed by atoms with E-state index in [1.54, 1.807) is 0 Å². The van der Waals surface area contributed by atoms with Gasteiger partial charge in [0.15, 0.2) is 0 Å². The smallest absolute Gasteiger partial charge is 0.223 e. The molecule has 144 valence electrons. The van der Waals surface area contributed by atoms with Crippen LogP contribution in [-0.2, 0) is 16.1 Å². The van der Waals surface area contributed by atoms with Crippen LogP contribution in [0.3, 0.4) is 0 Å². The predicted octanol–water partition coefficient (Wildman–Crippen LogP) is 1.93. The molecule has 4 rings (SSSR count). The lowest BCUT2D eigenvalue weighted by Gasteiger charge is -2.54. The molecule has 0 aromatic carbocycles. The lowest BCUT2D eigenvalue weighted by atomic mass is 9.72. The van der Waals surface area contributed by atoms with E-state index in [9.17, 15) is 9.90 Å².